The summed E-state index contributed by atoms with van der Waals surface area (Å²) in [7, 11) is 0. The number of rotatable bonds is 7. The van der Waals surface area contributed by atoms with Crippen molar-refractivity contribution in [1.29, 1.82) is 0 Å². The lowest BCUT2D eigenvalue weighted by molar-refractivity contribution is -0.132. The molecule has 0 radical (unpaired) electrons. The molecule has 0 spiro atoms. The molecule has 14 heavy (non-hydrogen) atoms. The third-order valence-corrected chi connectivity index (χ3v) is 1.46. The zero-order chi connectivity index (χ0) is 10.8. The highest BCUT2D eigenvalue weighted by molar-refractivity contribution is 5.85. The molecule has 0 aliphatic heterocycles. The first-order valence-electron chi connectivity index (χ1n) is 4.20. The predicted octanol–water partition coefficient (Wildman–Crippen LogP) is 0.760. The van der Waals surface area contributed by atoms with Gasteiger partial charge in [0.15, 0.2) is 0 Å². The molecule has 0 bridgehead atoms. The maximum atomic E-state index is 10.3. The highest BCUT2D eigenvalue weighted by Crippen LogP contribution is 1.95. The van der Waals surface area contributed by atoms with Crippen molar-refractivity contribution in [2.75, 3.05) is 19.8 Å². The maximum Gasteiger partial charge on any atom is 0.330 e. The molecule has 5 heteroatoms. The van der Waals surface area contributed by atoms with Gasteiger partial charge in [-0.25, -0.2) is 14.6 Å². The number of aliphatic imine (C=N–C) groups is 1. The second kappa shape index (κ2) is 8.16. The molecule has 0 atom stereocenters. The van der Waals surface area contributed by atoms with Gasteiger partial charge < -0.3 is 9.84 Å². The van der Waals surface area contributed by atoms with E-state index in [1.54, 1.807) is 6.08 Å². The van der Waals surface area contributed by atoms with Crippen molar-refractivity contribution in [2.24, 2.45) is 4.99 Å². The van der Waals surface area contributed by atoms with Gasteiger partial charge in [0.05, 0.1) is 19.8 Å². The Morgan fingerprint density at radius 2 is 2.29 bits per heavy atom. The van der Waals surface area contributed by atoms with E-state index in [2.05, 4.69) is 4.99 Å². The highest BCUT2D eigenvalue weighted by atomic mass is 16.5. The van der Waals surface area contributed by atoms with Crippen LogP contribution in [0.25, 0.3) is 0 Å². The fourth-order valence-electron chi connectivity index (χ4n) is 0.704. The Balaban J connectivity index is 3.42. The van der Waals surface area contributed by atoms with Crippen molar-refractivity contribution in [3.8, 4) is 0 Å². The van der Waals surface area contributed by atoms with E-state index in [1.807, 2.05) is 0 Å². The van der Waals surface area contributed by atoms with Gasteiger partial charge in [0.2, 0.25) is 6.08 Å². The predicted molar refractivity (Wildman–Crippen MR) is 49.8 cm³/mol. The quantitative estimate of drug-likeness (QED) is 0.284. The number of aliphatic carboxylic acids is 1. The molecular formula is C9H13NO4. The average Bonchev–Trinajstić information content (AvgIpc) is 2.16. The van der Waals surface area contributed by atoms with Crippen LogP contribution in [0.1, 0.15) is 13.3 Å². The summed E-state index contributed by atoms with van der Waals surface area (Å²) in [4.78, 5) is 23.3. The Morgan fingerprint density at radius 3 is 2.86 bits per heavy atom. The molecule has 0 rings (SSSR count). The number of hydrogen-bond donors (Lipinski definition) is 1. The molecule has 0 unspecified atom stereocenters. The van der Waals surface area contributed by atoms with Gasteiger partial charge in [0.25, 0.3) is 0 Å². The van der Waals surface area contributed by atoms with E-state index in [1.165, 1.54) is 13.0 Å². The van der Waals surface area contributed by atoms with E-state index in [0.29, 0.717) is 31.8 Å². The first kappa shape index (κ1) is 12.6. The van der Waals surface area contributed by atoms with E-state index in [4.69, 9.17) is 9.84 Å². The van der Waals surface area contributed by atoms with E-state index < -0.39 is 5.97 Å². The smallest absolute Gasteiger partial charge is 0.330 e. The van der Waals surface area contributed by atoms with Crippen LogP contribution in [0, 0.1) is 0 Å². The number of ether oxygens (including phenoxy) is 1. The van der Waals surface area contributed by atoms with Crippen LogP contribution in [0.4, 0.5) is 0 Å². The zero-order valence-electron chi connectivity index (χ0n) is 8.02. The monoisotopic (exact) mass is 199 g/mol. The fraction of sp³-hybridized carbons (Fsp3) is 0.556. The van der Waals surface area contributed by atoms with E-state index in [0.717, 1.165) is 0 Å². The summed E-state index contributed by atoms with van der Waals surface area (Å²) in [6.45, 7) is 2.61. The third-order valence-electron chi connectivity index (χ3n) is 1.46. The van der Waals surface area contributed by atoms with Crippen LogP contribution in [0.15, 0.2) is 16.6 Å². The normalized spacial score (nSPS) is 10.8. The van der Waals surface area contributed by atoms with Crippen LogP contribution < -0.4 is 0 Å². The Bertz CT molecular complexity index is 254. The van der Waals surface area contributed by atoms with Crippen molar-refractivity contribution in [3.05, 3.63) is 11.6 Å². The fourth-order valence-corrected chi connectivity index (χ4v) is 0.704. The van der Waals surface area contributed by atoms with Gasteiger partial charge in [-0.05, 0) is 13.3 Å². The van der Waals surface area contributed by atoms with Crippen LogP contribution in [0.3, 0.4) is 0 Å². The molecule has 0 aliphatic rings. The van der Waals surface area contributed by atoms with Crippen LogP contribution in [0.5, 0.6) is 0 Å². The van der Waals surface area contributed by atoms with Crippen LogP contribution >= 0.6 is 0 Å². The molecule has 0 heterocycles. The lowest BCUT2D eigenvalue weighted by atomic mass is 10.2. The van der Waals surface area contributed by atoms with Crippen LogP contribution in [-0.4, -0.2) is 36.9 Å². The largest absolute Gasteiger partial charge is 0.478 e. The topological polar surface area (TPSA) is 76.0 Å². The molecule has 5 nitrogen and oxygen atoms in total. The van der Waals surface area contributed by atoms with Crippen LogP contribution in [-0.2, 0) is 14.3 Å². The standard InChI is InChI=1S/C9H13NO4/c1-8(9(12)13)3-2-5-14-6-4-10-7-11/h3H,2,4-6H2,1H3,(H,12,13). The van der Waals surface area contributed by atoms with Crippen molar-refractivity contribution < 1.29 is 19.4 Å². The number of hydrogen-bond acceptors (Lipinski definition) is 4. The molecule has 78 valence electrons. The summed E-state index contributed by atoms with van der Waals surface area (Å²) in [6, 6.07) is 0. The van der Waals surface area contributed by atoms with Gasteiger partial charge in [0, 0.05) is 5.57 Å². The van der Waals surface area contributed by atoms with Crippen molar-refractivity contribution >= 4 is 12.0 Å². The number of carbonyl (C=O) groups is 1. The van der Waals surface area contributed by atoms with Crippen molar-refractivity contribution in [2.45, 2.75) is 13.3 Å². The minimum atomic E-state index is -0.921. The third kappa shape index (κ3) is 7.21. The molecule has 1 N–H and O–H groups in total. The summed E-state index contributed by atoms with van der Waals surface area (Å²) < 4.78 is 5.06. The molecule has 0 saturated heterocycles. The molecular weight excluding hydrogens is 186 g/mol. The van der Waals surface area contributed by atoms with Crippen molar-refractivity contribution in [3.63, 3.8) is 0 Å². The molecule has 0 saturated carbocycles. The number of carbonyl (C=O) groups excluding carboxylic acids is 1. The Kier molecular flexibility index (Phi) is 7.32. The van der Waals surface area contributed by atoms with Gasteiger partial charge in [-0.2, -0.15) is 0 Å². The van der Waals surface area contributed by atoms with Gasteiger partial charge in [-0.3, -0.25) is 0 Å². The molecule has 0 aromatic carbocycles. The highest BCUT2D eigenvalue weighted by Gasteiger charge is 1.97. The van der Waals surface area contributed by atoms with E-state index in [-0.39, 0.29) is 0 Å². The van der Waals surface area contributed by atoms with E-state index in [9.17, 15) is 9.59 Å². The lowest BCUT2D eigenvalue weighted by Crippen LogP contribution is -2.00. The van der Waals surface area contributed by atoms with Gasteiger partial charge >= 0.3 is 5.97 Å². The lowest BCUT2D eigenvalue weighted by Gasteiger charge is -1.98. The van der Waals surface area contributed by atoms with Gasteiger partial charge in [0.1, 0.15) is 0 Å². The molecule has 0 aliphatic carbocycles. The average molecular weight is 199 g/mol. The van der Waals surface area contributed by atoms with E-state index >= 15 is 0 Å². The number of nitrogens with zero attached hydrogens (tertiary/aromatic N) is 1. The molecule has 0 aromatic rings. The zero-order valence-corrected chi connectivity index (χ0v) is 8.02. The minimum absolute atomic E-state index is 0.297. The number of carboxylic acids is 1. The Morgan fingerprint density at radius 1 is 1.57 bits per heavy atom. The first-order valence-corrected chi connectivity index (χ1v) is 4.20. The Labute approximate surface area is 82.1 Å². The summed E-state index contributed by atoms with van der Waals surface area (Å²) in [5.41, 5.74) is 0.305. The number of carboxylic acid groups (broad SMARTS) is 1. The SMILES string of the molecule is CC(=CCCOCCN=C=O)C(=O)O. The Hall–Kier alpha value is -1.45. The van der Waals surface area contributed by atoms with Crippen molar-refractivity contribution in [1.82, 2.24) is 0 Å². The molecule has 0 aromatic heterocycles. The number of isocyanates is 1. The summed E-state index contributed by atoms with van der Waals surface area (Å²) in [6.07, 6.45) is 3.53. The second-order valence-electron chi connectivity index (χ2n) is 2.57. The summed E-state index contributed by atoms with van der Waals surface area (Å²) in [5.74, 6) is -0.921. The summed E-state index contributed by atoms with van der Waals surface area (Å²) >= 11 is 0. The molecule has 0 amide bonds. The maximum absolute atomic E-state index is 10.3. The molecule has 0 fully saturated rings. The van der Waals surface area contributed by atoms with Gasteiger partial charge in [-0.15, -0.1) is 0 Å². The second-order valence-corrected chi connectivity index (χ2v) is 2.57. The van der Waals surface area contributed by atoms with Gasteiger partial charge in [-0.1, -0.05) is 6.08 Å². The minimum Gasteiger partial charge on any atom is -0.478 e. The van der Waals surface area contributed by atoms with Crippen LogP contribution in [0.2, 0.25) is 0 Å². The first-order chi connectivity index (χ1) is 6.68. The summed E-state index contributed by atoms with van der Waals surface area (Å²) in [5, 5.41) is 8.49.